The Hall–Kier alpha value is -1.51. The summed E-state index contributed by atoms with van der Waals surface area (Å²) in [5.41, 5.74) is 2.89. The van der Waals surface area contributed by atoms with E-state index in [4.69, 9.17) is 4.52 Å². The first kappa shape index (κ1) is 15.4. The standard InChI is InChI=1S/C18H19O3P/c1-4-18(21-22(19)20)15-9-5-13(6-10-15)17(2,3)14-7-11-16(18)12-8-14/h4-12,19-20H,1H2,2-3H3. The van der Waals surface area contributed by atoms with Gasteiger partial charge in [0, 0.05) is 5.41 Å². The van der Waals surface area contributed by atoms with Crippen LogP contribution in [0.4, 0.5) is 0 Å². The lowest BCUT2D eigenvalue weighted by atomic mass is 9.74. The van der Waals surface area contributed by atoms with E-state index < -0.39 is 14.2 Å². The van der Waals surface area contributed by atoms with Crippen molar-refractivity contribution in [3.8, 4) is 0 Å². The van der Waals surface area contributed by atoms with Crippen molar-refractivity contribution < 1.29 is 14.3 Å². The Balaban J connectivity index is 2.31. The topological polar surface area (TPSA) is 49.7 Å². The number of hydrogen-bond acceptors (Lipinski definition) is 3. The number of benzene rings is 2. The number of rotatable bonds is 3. The monoisotopic (exact) mass is 314 g/mol. The van der Waals surface area contributed by atoms with E-state index >= 15 is 0 Å². The molecule has 0 saturated heterocycles. The van der Waals surface area contributed by atoms with Crippen LogP contribution < -0.4 is 0 Å². The highest BCUT2D eigenvalue weighted by atomic mass is 31.2. The van der Waals surface area contributed by atoms with Gasteiger partial charge in [0.2, 0.25) is 0 Å². The summed E-state index contributed by atoms with van der Waals surface area (Å²) in [5, 5.41) is 0. The molecule has 0 radical (unpaired) electrons. The molecule has 0 aromatic heterocycles. The van der Waals surface area contributed by atoms with E-state index in [0.29, 0.717) is 0 Å². The fourth-order valence-electron chi connectivity index (χ4n) is 3.11. The Morgan fingerprint density at radius 1 is 0.864 bits per heavy atom. The van der Waals surface area contributed by atoms with E-state index in [1.807, 2.05) is 24.3 Å². The Morgan fingerprint density at radius 2 is 1.23 bits per heavy atom. The molecule has 4 aliphatic carbocycles. The van der Waals surface area contributed by atoms with Gasteiger partial charge in [0.25, 0.3) is 0 Å². The molecule has 0 saturated carbocycles. The fourth-order valence-corrected chi connectivity index (χ4v) is 3.65. The zero-order valence-electron chi connectivity index (χ0n) is 12.7. The van der Waals surface area contributed by atoms with Crippen molar-refractivity contribution in [2.45, 2.75) is 24.9 Å². The highest BCUT2D eigenvalue weighted by Gasteiger charge is 2.37. The van der Waals surface area contributed by atoms with Crippen LogP contribution in [0.5, 0.6) is 0 Å². The summed E-state index contributed by atoms with van der Waals surface area (Å²) in [6.45, 7) is 8.25. The van der Waals surface area contributed by atoms with Crippen molar-refractivity contribution >= 4 is 8.60 Å². The SMILES string of the molecule is C=CC1(OP(O)O)c2ccc(cc2)C(C)(C)c2ccc1cc2. The normalized spacial score (nSPS) is 17.7. The van der Waals surface area contributed by atoms with Crippen molar-refractivity contribution in [2.24, 2.45) is 0 Å². The highest BCUT2D eigenvalue weighted by Crippen LogP contribution is 2.46. The van der Waals surface area contributed by atoms with Crippen LogP contribution in [-0.2, 0) is 15.5 Å². The molecule has 2 aromatic carbocycles. The van der Waals surface area contributed by atoms with Gasteiger partial charge in [0.15, 0.2) is 0 Å². The highest BCUT2D eigenvalue weighted by molar-refractivity contribution is 7.39. The predicted molar refractivity (Wildman–Crippen MR) is 88.4 cm³/mol. The summed E-state index contributed by atoms with van der Waals surface area (Å²) in [4.78, 5) is 18.9. The van der Waals surface area contributed by atoms with Gasteiger partial charge < -0.3 is 9.79 Å². The van der Waals surface area contributed by atoms with Crippen molar-refractivity contribution in [1.29, 1.82) is 0 Å². The second kappa shape index (κ2) is 5.29. The molecule has 0 aliphatic heterocycles. The van der Waals surface area contributed by atoms with E-state index in [0.717, 1.165) is 11.1 Å². The third kappa shape index (κ3) is 2.22. The van der Waals surface area contributed by atoms with Gasteiger partial charge in [0.1, 0.15) is 5.60 Å². The molecule has 114 valence electrons. The van der Waals surface area contributed by atoms with Crippen molar-refractivity contribution in [2.75, 3.05) is 0 Å². The molecule has 0 spiro atoms. The molecule has 2 N–H and O–H groups in total. The van der Waals surface area contributed by atoms with Crippen molar-refractivity contribution in [3.05, 3.63) is 83.4 Å². The van der Waals surface area contributed by atoms with E-state index in [2.05, 4.69) is 44.7 Å². The van der Waals surface area contributed by atoms with Gasteiger partial charge >= 0.3 is 8.60 Å². The summed E-state index contributed by atoms with van der Waals surface area (Å²) in [5.74, 6) is 0. The minimum absolute atomic E-state index is 0.0906. The Labute approximate surface area is 131 Å². The molecular weight excluding hydrogens is 295 g/mol. The van der Waals surface area contributed by atoms with Gasteiger partial charge in [-0.2, -0.15) is 0 Å². The zero-order chi connectivity index (χ0) is 16.0. The molecular formula is C18H19O3P. The average molecular weight is 314 g/mol. The van der Waals surface area contributed by atoms with Crippen molar-refractivity contribution in [1.82, 2.24) is 0 Å². The van der Waals surface area contributed by atoms with E-state index in [-0.39, 0.29) is 5.41 Å². The van der Waals surface area contributed by atoms with Crippen LogP contribution in [0.15, 0.2) is 61.2 Å². The van der Waals surface area contributed by atoms with Gasteiger partial charge in [-0.05, 0) is 22.3 Å². The summed E-state index contributed by atoms with van der Waals surface area (Å²) in [7, 11) is -2.52. The second-order valence-corrected chi connectivity index (χ2v) is 6.75. The van der Waals surface area contributed by atoms with E-state index in [1.54, 1.807) is 6.08 Å². The zero-order valence-corrected chi connectivity index (χ0v) is 13.5. The van der Waals surface area contributed by atoms with Crippen LogP contribution in [0.1, 0.15) is 36.1 Å². The van der Waals surface area contributed by atoms with Crippen LogP contribution in [0, 0.1) is 0 Å². The lowest BCUT2D eigenvalue weighted by molar-refractivity contribution is 0.137. The van der Waals surface area contributed by atoms with Gasteiger partial charge in [0.05, 0.1) is 0 Å². The molecule has 0 atom stereocenters. The second-order valence-electron chi connectivity index (χ2n) is 6.06. The Morgan fingerprint density at radius 3 is 1.55 bits per heavy atom. The summed E-state index contributed by atoms with van der Waals surface area (Å²) in [6.07, 6.45) is 1.62. The lowest BCUT2D eigenvalue weighted by Crippen LogP contribution is -2.29. The van der Waals surface area contributed by atoms with Crippen LogP contribution in [0.3, 0.4) is 0 Å². The predicted octanol–water partition coefficient (Wildman–Crippen LogP) is 3.98. The summed E-state index contributed by atoms with van der Waals surface area (Å²) < 4.78 is 5.53. The maximum atomic E-state index is 9.44. The van der Waals surface area contributed by atoms with Gasteiger partial charge in [-0.3, -0.25) is 4.52 Å². The van der Waals surface area contributed by atoms with E-state index in [9.17, 15) is 9.79 Å². The maximum absolute atomic E-state index is 9.44. The first-order chi connectivity index (χ1) is 10.4. The lowest BCUT2D eigenvalue weighted by Gasteiger charge is -2.35. The summed E-state index contributed by atoms with van der Waals surface area (Å²) >= 11 is 0. The Bertz CT molecular complexity index is 638. The smallest absolute Gasteiger partial charge is 0.328 e. The molecule has 2 aromatic rings. The van der Waals surface area contributed by atoms with Crippen molar-refractivity contribution in [3.63, 3.8) is 0 Å². The number of hydrogen-bond donors (Lipinski definition) is 2. The minimum Gasteiger partial charge on any atom is -0.328 e. The molecule has 4 aliphatic rings. The third-order valence-corrected chi connectivity index (χ3v) is 5.04. The van der Waals surface area contributed by atoms with Gasteiger partial charge in [-0.25, -0.2) is 0 Å². The molecule has 0 fully saturated rings. The van der Waals surface area contributed by atoms with Crippen LogP contribution >= 0.6 is 8.60 Å². The average Bonchev–Trinajstić information content (AvgIpc) is 2.52. The van der Waals surface area contributed by atoms with Crippen LogP contribution in [0.25, 0.3) is 0 Å². The molecule has 0 heterocycles. The maximum Gasteiger partial charge on any atom is 0.328 e. The van der Waals surface area contributed by atoms with E-state index in [1.165, 1.54) is 11.1 Å². The van der Waals surface area contributed by atoms with Crippen LogP contribution in [0.2, 0.25) is 0 Å². The fraction of sp³-hybridized carbons (Fsp3) is 0.222. The molecule has 0 unspecified atom stereocenters. The molecule has 22 heavy (non-hydrogen) atoms. The largest absolute Gasteiger partial charge is 0.328 e. The van der Waals surface area contributed by atoms with Gasteiger partial charge in [-0.1, -0.05) is 75.0 Å². The minimum atomic E-state index is -2.52. The van der Waals surface area contributed by atoms with Gasteiger partial charge in [-0.15, -0.1) is 0 Å². The molecule has 0 amide bonds. The molecule has 4 bridgehead atoms. The Kier molecular flexibility index (Phi) is 3.70. The van der Waals surface area contributed by atoms with Crippen LogP contribution in [-0.4, -0.2) is 9.79 Å². The quantitative estimate of drug-likeness (QED) is 0.665. The molecule has 6 rings (SSSR count). The first-order valence-electron chi connectivity index (χ1n) is 7.13. The first-order valence-corrected chi connectivity index (χ1v) is 8.29. The summed E-state index contributed by atoms with van der Waals surface area (Å²) in [6, 6.07) is 16.1. The molecule has 4 heteroatoms. The molecule has 3 nitrogen and oxygen atoms in total. The third-order valence-electron chi connectivity index (χ3n) is 4.58.